The van der Waals surface area contributed by atoms with E-state index in [-0.39, 0.29) is 18.2 Å². The van der Waals surface area contributed by atoms with Gasteiger partial charge in [0.15, 0.2) is 0 Å². The standard InChI is InChI=1S/C19H18N2O3/c1-3-23-19(22)16-18(20-15-11-9-13(2)10-12-15)24-17(21-16)14-7-5-4-6-8-14/h4-12,20H,3H2,1-2H3. The largest absolute Gasteiger partial charge is 0.461 e. The fourth-order valence-corrected chi connectivity index (χ4v) is 2.21. The van der Waals surface area contributed by atoms with Crippen molar-refractivity contribution in [1.29, 1.82) is 0 Å². The number of aromatic nitrogens is 1. The second-order valence-electron chi connectivity index (χ2n) is 5.27. The average molecular weight is 322 g/mol. The van der Waals surface area contributed by atoms with Gasteiger partial charge in [-0.3, -0.25) is 0 Å². The number of carbonyl (C=O) groups excluding carboxylic acids is 1. The van der Waals surface area contributed by atoms with Crippen molar-refractivity contribution < 1.29 is 13.9 Å². The Balaban J connectivity index is 1.97. The number of oxazole rings is 1. The number of aryl methyl sites for hydroxylation is 1. The molecule has 24 heavy (non-hydrogen) atoms. The molecule has 0 aliphatic carbocycles. The Morgan fingerprint density at radius 1 is 1.12 bits per heavy atom. The molecule has 0 aliphatic heterocycles. The summed E-state index contributed by atoms with van der Waals surface area (Å²) in [5, 5.41) is 3.10. The third-order valence-electron chi connectivity index (χ3n) is 3.43. The molecule has 0 unspecified atom stereocenters. The Morgan fingerprint density at radius 3 is 2.50 bits per heavy atom. The Labute approximate surface area is 140 Å². The van der Waals surface area contributed by atoms with Gasteiger partial charge in [-0.05, 0) is 38.1 Å². The lowest BCUT2D eigenvalue weighted by molar-refractivity contribution is 0.0521. The van der Waals surface area contributed by atoms with Crippen LogP contribution in [0.15, 0.2) is 59.0 Å². The molecule has 0 radical (unpaired) electrons. The first kappa shape index (κ1) is 15.8. The fourth-order valence-electron chi connectivity index (χ4n) is 2.21. The van der Waals surface area contributed by atoms with Gasteiger partial charge in [0.05, 0.1) is 6.61 Å². The van der Waals surface area contributed by atoms with Crippen LogP contribution in [-0.2, 0) is 4.74 Å². The van der Waals surface area contributed by atoms with Crippen LogP contribution in [0.5, 0.6) is 0 Å². The minimum atomic E-state index is -0.516. The molecule has 5 heteroatoms. The first-order chi connectivity index (χ1) is 11.7. The van der Waals surface area contributed by atoms with Gasteiger partial charge in [-0.2, -0.15) is 4.98 Å². The zero-order valence-electron chi connectivity index (χ0n) is 13.6. The van der Waals surface area contributed by atoms with Gasteiger partial charge in [-0.25, -0.2) is 4.79 Å². The van der Waals surface area contributed by atoms with Crippen LogP contribution in [0, 0.1) is 6.92 Å². The normalized spacial score (nSPS) is 10.4. The maximum atomic E-state index is 12.2. The molecular formula is C19H18N2O3. The SMILES string of the molecule is CCOC(=O)c1nc(-c2ccccc2)oc1Nc1ccc(C)cc1. The maximum Gasteiger partial charge on any atom is 0.362 e. The van der Waals surface area contributed by atoms with Crippen LogP contribution in [0.4, 0.5) is 11.6 Å². The summed E-state index contributed by atoms with van der Waals surface area (Å²) >= 11 is 0. The predicted octanol–water partition coefficient (Wildman–Crippen LogP) is 4.57. The Kier molecular flexibility index (Phi) is 4.61. The predicted molar refractivity (Wildman–Crippen MR) is 92.4 cm³/mol. The van der Waals surface area contributed by atoms with Crippen LogP contribution in [0.1, 0.15) is 23.0 Å². The van der Waals surface area contributed by atoms with Gasteiger partial charge in [0.2, 0.25) is 17.5 Å². The monoisotopic (exact) mass is 322 g/mol. The molecule has 1 aromatic heterocycles. The third kappa shape index (κ3) is 3.46. The molecular weight excluding hydrogens is 304 g/mol. The molecule has 0 fully saturated rings. The van der Waals surface area contributed by atoms with E-state index in [4.69, 9.17) is 9.15 Å². The van der Waals surface area contributed by atoms with Gasteiger partial charge >= 0.3 is 5.97 Å². The average Bonchev–Trinajstić information content (AvgIpc) is 3.02. The number of nitrogens with zero attached hydrogens (tertiary/aromatic N) is 1. The van der Waals surface area contributed by atoms with E-state index in [1.807, 2.05) is 61.5 Å². The molecule has 0 saturated carbocycles. The molecule has 0 saturated heterocycles. The van der Waals surface area contributed by atoms with Crippen LogP contribution >= 0.6 is 0 Å². The van der Waals surface area contributed by atoms with E-state index in [2.05, 4.69) is 10.3 Å². The Morgan fingerprint density at radius 2 is 1.83 bits per heavy atom. The number of ether oxygens (including phenoxy) is 1. The van der Waals surface area contributed by atoms with Gasteiger partial charge in [0.25, 0.3) is 0 Å². The highest BCUT2D eigenvalue weighted by molar-refractivity contribution is 5.93. The lowest BCUT2D eigenvalue weighted by atomic mass is 10.2. The van der Waals surface area contributed by atoms with Crippen LogP contribution in [0.3, 0.4) is 0 Å². The second-order valence-corrected chi connectivity index (χ2v) is 5.27. The number of rotatable bonds is 5. The van der Waals surface area contributed by atoms with Gasteiger partial charge in [-0.1, -0.05) is 35.9 Å². The number of nitrogens with one attached hydrogen (secondary N) is 1. The fraction of sp³-hybridized carbons (Fsp3) is 0.158. The van der Waals surface area contributed by atoms with Crippen molar-refractivity contribution in [2.75, 3.05) is 11.9 Å². The molecule has 5 nitrogen and oxygen atoms in total. The quantitative estimate of drug-likeness (QED) is 0.697. The molecule has 1 heterocycles. The molecule has 2 aromatic carbocycles. The number of esters is 1. The number of anilines is 2. The van der Waals surface area contributed by atoms with E-state index < -0.39 is 5.97 Å². The van der Waals surface area contributed by atoms with Crippen molar-refractivity contribution >= 4 is 17.5 Å². The summed E-state index contributed by atoms with van der Waals surface area (Å²) in [5.41, 5.74) is 2.88. The van der Waals surface area contributed by atoms with E-state index in [0.717, 1.165) is 16.8 Å². The van der Waals surface area contributed by atoms with Crippen molar-refractivity contribution in [3.63, 3.8) is 0 Å². The highest BCUT2D eigenvalue weighted by Gasteiger charge is 2.22. The summed E-state index contributed by atoms with van der Waals surface area (Å²) in [6.07, 6.45) is 0. The number of hydrogen-bond donors (Lipinski definition) is 1. The smallest absolute Gasteiger partial charge is 0.362 e. The summed E-state index contributed by atoms with van der Waals surface area (Å²) in [4.78, 5) is 16.5. The van der Waals surface area contributed by atoms with E-state index in [1.54, 1.807) is 6.92 Å². The van der Waals surface area contributed by atoms with Crippen molar-refractivity contribution in [1.82, 2.24) is 4.98 Å². The maximum absolute atomic E-state index is 12.2. The van der Waals surface area contributed by atoms with Crippen molar-refractivity contribution in [3.8, 4) is 11.5 Å². The van der Waals surface area contributed by atoms with E-state index in [1.165, 1.54) is 0 Å². The first-order valence-electron chi connectivity index (χ1n) is 7.74. The second kappa shape index (κ2) is 7.00. The molecule has 0 aliphatic rings. The number of carbonyl (C=O) groups is 1. The molecule has 122 valence electrons. The summed E-state index contributed by atoms with van der Waals surface area (Å²) in [6, 6.07) is 17.2. The number of hydrogen-bond acceptors (Lipinski definition) is 5. The minimum Gasteiger partial charge on any atom is -0.461 e. The zero-order chi connectivity index (χ0) is 16.9. The summed E-state index contributed by atoms with van der Waals surface area (Å²) in [5.74, 6) is 0.127. The van der Waals surface area contributed by atoms with Crippen LogP contribution in [-0.4, -0.2) is 17.6 Å². The van der Waals surface area contributed by atoms with Gasteiger partial charge in [0, 0.05) is 11.3 Å². The molecule has 0 bridgehead atoms. The van der Waals surface area contributed by atoms with Gasteiger partial charge < -0.3 is 14.5 Å². The molecule has 3 rings (SSSR count). The van der Waals surface area contributed by atoms with E-state index in [9.17, 15) is 4.79 Å². The topological polar surface area (TPSA) is 64.4 Å². The molecule has 3 aromatic rings. The molecule has 0 amide bonds. The first-order valence-corrected chi connectivity index (χ1v) is 7.74. The third-order valence-corrected chi connectivity index (χ3v) is 3.43. The highest BCUT2D eigenvalue weighted by atomic mass is 16.5. The van der Waals surface area contributed by atoms with E-state index >= 15 is 0 Å². The van der Waals surface area contributed by atoms with E-state index in [0.29, 0.717) is 5.89 Å². The molecule has 0 atom stereocenters. The van der Waals surface area contributed by atoms with Crippen LogP contribution in [0.2, 0.25) is 0 Å². The lowest BCUT2D eigenvalue weighted by Crippen LogP contribution is -2.07. The van der Waals surface area contributed by atoms with Crippen LogP contribution < -0.4 is 5.32 Å². The molecule has 1 N–H and O–H groups in total. The lowest BCUT2D eigenvalue weighted by Gasteiger charge is -2.05. The summed E-state index contributed by atoms with van der Waals surface area (Å²) < 4.78 is 10.9. The zero-order valence-corrected chi connectivity index (χ0v) is 13.6. The van der Waals surface area contributed by atoms with Gasteiger partial charge in [-0.15, -0.1) is 0 Å². The van der Waals surface area contributed by atoms with Crippen LogP contribution in [0.25, 0.3) is 11.5 Å². The Bertz CT molecular complexity index is 824. The summed E-state index contributed by atoms with van der Waals surface area (Å²) in [7, 11) is 0. The van der Waals surface area contributed by atoms with Crippen molar-refractivity contribution in [3.05, 3.63) is 65.9 Å². The van der Waals surface area contributed by atoms with Crippen molar-refractivity contribution in [2.24, 2.45) is 0 Å². The Hall–Kier alpha value is -3.08. The highest BCUT2D eigenvalue weighted by Crippen LogP contribution is 2.28. The number of benzene rings is 2. The molecule has 0 spiro atoms. The van der Waals surface area contributed by atoms with Crippen molar-refractivity contribution in [2.45, 2.75) is 13.8 Å². The minimum absolute atomic E-state index is 0.135. The van der Waals surface area contributed by atoms with Gasteiger partial charge in [0.1, 0.15) is 0 Å². The summed E-state index contributed by atoms with van der Waals surface area (Å²) in [6.45, 7) is 4.04.